The number of hydrogen-bond donors (Lipinski definition) is 1. The van der Waals surface area contributed by atoms with Crippen molar-refractivity contribution in [1.29, 1.82) is 0 Å². The third-order valence-corrected chi connectivity index (χ3v) is 2.56. The van der Waals surface area contributed by atoms with Crippen LogP contribution in [-0.2, 0) is 4.79 Å². The smallest absolute Gasteiger partial charge is 0.496 e. The van der Waals surface area contributed by atoms with E-state index in [2.05, 4.69) is 9.47 Å². The van der Waals surface area contributed by atoms with Crippen LogP contribution >= 0.6 is 0 Å². The minimum atomic E-state index is -4.87. The maximum absolute atomic E-state index is 13.2. The van der Waals surface area contributed by atoms with Crippen molar-refractivity contribution in [1.82, 2.24) is 0 Å². The summed E-state index contributed by atoms with van der Waals surface area (Å²) in [5, 5.41) is 0. The molecule has 0 fully saturated rings. The predicted molar refractivity (Wildman–Crippen MR) is 62.4 cm³/mol. The van der Waals surface area contributed by atoms with Crippen LogP contribution in [0.5, 0.6) is 17.2 Å². The summed E-state index contributed by atoms with van der Waals surface area (Å²) in [5.41, 5.74) is 4.72. The Labute approximate surface area is 115 Å². The van der Waals surface area contributed by atoms with E-state index in [4.69, 9.17) is 10.5 Å². The van der Waals surface area contributed by atoms with Crippen LogP contribution in [-0.4, -0.2) is 25.2 Å². The first-order chi connectivity index (χ1) is 9.68. The SMILES string of the molecule is COc1ccc2c(c1/C=C/C(N)=O)OC(F)(F)C(F)(F)O2. The number of methoxy groups -OCH3 is 1. The molecule has 0 bridgehead atoms. The lowest BCUT2D eigenvalue weighted by atomic mass is 10.1. The summed E-state index contributed by atoms with van der Waals surface area (Å²) in [6.07, 6.45) is -7.85. The summed E-state index contributed by atoms with van der Waals surface area (Å²) in [6.45, 7) is 0. The summed E-state index contributed by atoms with van der Waals surface area (Å²) in [5.74, 6) is -2.15. The number of nitrogens with two attached hydrogens (primary N) is 1. The number of primary amides is 1. The van der Waals surface area contributed by atoms with Crippen LogP contribution in [0.25, 0.3) is 6.08 Å². The highest BCUT2D eigenvalue weighted by atomic mass is 19.3. The van der Waals surface area contributed by atoms with Crippen LogP contribution in [0, 0.1) is 0 Å². The van der Waals surface area contributed by atoms with Crippen LogP contribution < -0.4 is 19.9 Å². The van der Waals surface area contributed by atoms with Crippen molar-refractivity contribution < 1.29 is 36.6 Å². The average Bonchev–Trinajstić information content (AvgIpc) is 2.36. The molecule has 0 radical (unpaired) electrons. The molecular weight excluding hydrogens is 298 g/mol. The van der Waals surface area contributed by atoms with Crippen LogP contribution in [0.3, 0.4) is 0 Å². The van der Waals surface area contributed by atoms with Crippen molar-refractivity contribution in [3.63, 3.8) is 0 Å². The molecule has 5 nitrogen and oxygen atoms in total. The molecule has 0 aliphatic carbocycles. The Morgan fingerprint density at radius 2 is 1.86 bits per heavy atom. The van der Waals surface area contributed by atoms with Gasteiger partial charge in [0.25, 0.3) is 0 Å². The molecule has 0 saturated heterocycles. The molecular formula is C12H9F4NO4. The van der Waals surface area contributed by atoms with Gasteiger partial charge < -0.3 is 19.9 Å². The molecule has 0 spiro atoms. The first-order valence-corrected chi connectivity index (χ1v) is 5.50. The van der Waals surface area contributed by atoms with Crippen LogP contribution in [0.1, 0.15) is 5.56 Å². The second-order valence-corrected chi connectivity index (χ2v) is 3.98. The highest BCUT2D eigenvalue weighted by molar-refractivity contribution is 5.91. The van der Waals surface area contributed by atoms with E-state index in [1.165, 1.54) is 13.2 Å². The van der Waals surface area contributed by atoms with Crippen LogP contribution in [0.4, 0.5) is 17.6 Å². The van der Waals surface area contributed by atoms with E-state index < -0.39 is 29.6 Å². The number of carbonyl (C=O) groups is 1. The highest BCUT2D eigenvalue weighted by Gasteiger charge is 2.66. The zero-order valence-corrected chi connectivity index (χ0v) is 10.5. The zero-order chi connectivity index (χ0) is 15.8. The van der Waals surface area contributed by atoms with Crippen molar-refractivity contribution in [2.24, 2.45) is 5.73 Å². The average molecular weight is 307 g/mol. The lowest BCUT2D eigenvalue weighted by molar-refractivity contribution is -0.391. The lowest BCUT2D eigenvalue weighted by Gasteiger charge is -2.32. The van der Waals surface area contributed by atoms with Gasteiger partial charge in [0, 0.05) is 6.08 Å². The van der Waals surface area contributed by atoms with Gasteiger partial charge in [0.1, 0.15) is 5.75 Å². The van der Waals surface area contributed by atoms with E-state index in [1.54, 1.807) is 0 Å². The molecule has 1 aromatic carbocycles. The van der Waals surface area contributed by atoms with Gasteiger partial charge >= 0.3 is 12.2 Å². The summed E-state index contributed by atoms with van der Waals surface area (Å²) in [7, 11) is 1.22. The minimum absolute atomic E-state index is 0.0101. The maximum atomic E-state index is 13.2. The van der Waals surface area contributed by atoms with E-state index in [0.29, 0.717) is 0 Å². The van der Waals surface area contributed by atoms with E-state index >= 15 is 0 Å². The Kier molecular flexibility index (Phi) is 3.44. The molecule has 2 rings (SSSR count). The summed E-state index contributed by atoms with van der Waals surface area (Å²) in [4.78, 5) is 10.7. The number of carbonyl (C=O) groups excluding carboxylic acids is 1. The third-order valence-electron chi connectivity index (χ3n) is 2.56. The molecule has 0 saturated carbocycles. The van der Waals surface area contributed by atoms with Crippen LogP contribution in [0.2, 0.25) is 0 Å². The second-order valence-electron chi connectivity index (χ2n) is 3.98. The fraction of sp³-hybridized carbons (Fsp3) is 0.250. The topological polar surface area (TPSA) is 70.8 Å². The van der Waals surface area contributed by atoms with Gasteiger partial charge in [-0.1, -0.05) is 0 Å². The van der Waals surface area contributed by atoms with Gasteiger partial charge in [-0.05, 0) is 18.2 Å². The number of alkyl halides is 4. The quantitative estimate of drug-likeness (QED) is 0.686. The van der Waals surface area contributed by atoms with Gasteiger partial charge in [-0.25, -0.2) is 0 Å². The van der Waals surface area contributed by atoms with Gasteiger partial charge in [-0.3, -0.25) is 4.79 Å². The summed E-state index contributed by atoms with van der Waals surface area (Å²) < 4.78 is 65.5. The Bertz CT molecular complexity index is 616. The lowest BCUT2D eigenvalue weighted by Crippen LogP contribution is -2.52. The van der Waals surface area contributed by atoms with E-state index in [1.807, 2.05) is 0 Å². The number of hydrogen-bond acceptors (Lipinski definition) is 4. The highest BCUT2D eigenvalue weighted by Crippen LogP contribution is 2.50. The first-order valence-electron chi connectivity index (χ1n) is 5.50. The van der Waals surface area contributed by atoms with E-state index in [9.17, 15) is 22.4 Å². The van der Waals surface area contributed by atoms with Crippen molar-refractivity contribution >= 4 is 12.0 Å². The molecule has 2 N–H and O–H groups in total. The molecule has 21 heavy (non-hydrogen) atoms. The zero-order valence-electron chi connectivity index (χ0n) is 10.5. The Hall–Kier alpha value is -2.45. The van der Waals surface area contributed by atoms with Crippen molar-refractivity contribution in [2.45, 2.75) is 12.2 Å². The summed E-state index contributed by atoms with van der Waals surface area (Å²) >= 11 is 0. The van der Waals surface area contributed by atoms with Crippen molar-refractivity contribution in [3.8, 4) is 17.2 Å². The second kappa shape index (κ2) is 4.83. The molecule has 9 heteroatoms. The Balaban J connectivity index is 2.59. The molecule has 1 aliphatic heterocycles. The molecule has 114 valence electrons. The van der Waals surface area contributed by atoms with Gasteiger partial charge in [0.05, 0.1) is 12.7 Å². The van der Waals surface area contributed by atoms with Gasteiger partial charge in [0.15, 0.2) is 11.5 Å². The number of rotatable bonds is 3. The molecule has 1 aliphatic rings. The number of halogens is 4. The largest absolute Gasteiger partial charge is 0.507 e. The van der Waals surface area contributed by atoms with Gasteiger partial charge in [0.2, 0.25) is 5.91 Å². The molecule has 1 amide bonds. The predicted octanol–water partition coefficient (Wildman–Crippen LogP) is 2.15. The maximum Gasteiger partial charge on any atom is 0.507 e. The summed E-state index contributed by atoms with van der Waals surface area (Å²) in [6, 6.07) is 2.18. The fourth-order valence-electron chi connectivity index (χ4n) is 1.63. The van der Waals surface area contributed by atoms with E-state index in [0.717, 1.165) is 18.2 Å². The van der Waals surface area contributed by atoms with Crippen molar-refractivity contribution in [3.05, 3.63) is 23.8 Å². The monoisotopic (exact) mass is 307 g/mol. The minimum Gasteiger partial charge on any atom is -0.496 e. The molecule has 1 heterocycles. The molecule has 0 unspecified atom stereocenters. The third kappa shape index (κ3) is 2.58. The number of fused-ring (bicyclic) bond motifs is 1. The standard InChI is InChI=1S/C12H9F4NO4/c1-19-7-3-4-8-10(6(7)2-5-9(17)18)21-12(15,16)11(13,14)20-8/h2-5H,1H3,(H2,17,18)/b5-2+. The van der Waals surface area contributed by atoms with Crippen molar-refractivity contribution in [2.75, 3.05) is 7.11 Å². The Morgan fingerprint density at radius 3 is 2.43 bits per heavy atom. The number of ether oxygens (including phenoxy) is 3. The van der Waals surface area contributed by atoms with E-state index in [-0.39, 0.29) is 11.3 Å². The normalized spacial score (nSPS) is 18.5. The first kappa shape index (κ1) is 14.9. The molecule has 0 atom stereocenters. The van der Waals surface area contributed by atoms with Crippen LogP contribution in [0.15, 0.2) is 18.2 Å². The molecule has 0 aromatic heterocycles. The van der Waals surface area contributed by atoms with Gasteiger partial charge in [-0.15, -0.1) is 0 Å². The fourth-order valence-corrected chi connectivity index (χ4v) is 1.63. The number of benzene rings is 1. The number of amides is 1. The Morgan fingerprint density at radius 1 is 1.24 bits per heavy atom. The van der Waals surface area contributed by atoms with Gasteiger partial charge in [-0.2, -0.15) is 17.6 Å². The molecule has 1 aromatic rings.